The van der Waals surface area contributed by atoms with Crippen molar-refractivity contribution in [3.63, 3.8) is 0 Å². The van der Waals surface area contributed by atoms with Crippen LogP contribution in [-0.2, 0) is 0 Å². The van der Waals surface area contributed by atoms with Crippen molar-refractivity contribution in [2.45, 2.75) is 38.7 Å². The zero-order valence-corrected chi connectivity index (χ0v) is 12.4. The quantitative estimate of drug-likeness (QED) is 0.788. The van der Waals surface area contributed by atoms with Gasteiger partial charge in [-0.15, -0.1) is 10.2 Å². The van der Waals surface area contributed by atoms with Gasteiger partial charge in [0, 0.05) is 5.92 Å². The molecule has 0 amide bonds. The summed E-state index contributed by atoms with van der Waals surface area (Å²) in [6.45, 7) is 2.12. The van der Waals surface area contributed by atoms with E-state index in [1.807, 2.05) is 0 Å². The molecule has 0 N–H and O–H groups in total. The van der Waals surface area contributed by atoms with Crippen LogP contribution >= 0.6 is 46.4 Å². The number of rotatable bonds is 5. The molecule has 2 aromatic heterocycles. The maximum atomic E-state index is 4.53. The molecule has 8 heteroatoms. The van der Waals surface area contributed by atoms with E-state index < -0.39 is 0 Å². The summed E-state index contributed by atoms with van der Waals surface area (Å²) in [6, 6.07) is 0. The molecule has 0 radical (unpaired) electrons. The van der Waals surface area contributed by atoms with E-state index in [-0.39, 0.29) is 0 Å². The van der Waals surface area contributed by atoms with E-state index >= 15 is 0 Å². The molecule has 0 spiro atoms. The van der Waals surface area contributed by atoms with Gasteiger partial charge in [-0.3, -0.25) is 0 Å². The summed E-state index contributed by atoms with van der Waals surface area (Å²) in [4.78, 5) is 4.53. The minimum absolute atomic E-state index is 0.626. The van der Waals surface area contributed by atoms with Gasteiger partial charge < -0.3 is 0 Å². The van der Waals surface area contributed by atoms with Crippen LogP contribution in [-0.4, -0.2) is 25.3 Å². The van der Waals surface area contributed by atoms with Gasteiger partial charge >= 0.3 is 0 Å². The molecule has 0 aliphatic heterocycles. The molecule has 4 nitrogen and oxygen atoms in total. The molecule has 90 valence electrons. The third kappa shape index (κ3) is 2.98. The van der Waals surface area contributed by atoms with Crippen LogP contribution in [0.5, 0.6) is 0 Å². The average Bonchev–Trinajstić information content (AvgIpc) is 2.92. The van der Waals surface area contributed by atoms with Gasteiger partial charge in [0.1, 0.15) is 5.82 Å². The third-order valence-corrected chi connectivity index (χ3v) is 5.95. The maximum absolute atomic E-state index is 4.53. The van der Waals surface area contributed by atoms with E-state index in [0.29, 0.717) is 5.92 Å². The predicted octanol–water partition coefficient (Wildman–Crippen LogP) is 3.53. The van der Waals surface area contributed by atoms with Gasteiger partial charge in [0.2, 0.25) is 0 Å². The van der Waals surface area contributed by atoms with E-state index in [2.05, 4.69) is 26.5 Å². The van der Waals surface area contributed by atoms with Crippen LogP contribution in [0, 0.1) is 0 Å². The molecule has 0 saturated heterocycles. The van der Waals surface area contributed by atoms with Crippen LogP contribution in [0.4, 0.5) is 0 Å². The number of hydrogen-bond acceptors (Lipinski definition) is 8. The molecular formula is C9H10N4S4. The van der Waals surface area contributed by atoms with Crippen LogP contribution in [0.1, 0.15) is 31.5 Å². The first-order valence-electron chi connectivity index (χ1n) is 5.33. The van der Waals surface area contributed by atoms with Gasteiger partial charge in [0.25, 0.3) is 0 Å². The Balaban J connectivity index is 1.67. The van der Waals surface area contributed by atoms with Crippen molar-refractivity contribution in [2.75, 3.05) is 5.75 Å². The maximum Gasteiger partial charge on any atom is 0.182 e. The molecule has 0 atom stereocenters. The summed E-state index contributed by atoms with van der Waals surface area (Å²) in [7, 11) is 0. The van der Waals surface area contributed by atoms with Crippen LogP contribution in [0.15, 0.2) is 13.0 Å². The molecule has 1 aliphatic carbocycles. The molecule has 0 bridgehead atoms. The molecule has 1 aliphatic rings. The summed E-state index contributed by atoms with van der Waals surface area (Å²) in [5.41, 5.74) is 0. The first kappa shape index (κ1) is 11.9. The zero-order valence-electron chi connectivity index (χ0n) is 9.12. The lowest BCUT2D eigenvalue weighted by atomic mass is 10.4. The number of thioether (sulfide) groups is 1. The van der Waals surface area contributed by atoms with Crippen LogP contribution in [0.25, 0.3) is 0 Å². The van der Waals surface area contributed by atoms with Gasteiger partial charge in [0.05, 0.1) is 0 Å². The highest BCUT2D eigenvalue weighted by Gasteiger charge is 2.28. The lowest BCUT2D eigenvalue weighted by Gasteiger charge is -1.87. The molecule has 0 unspecified atom stereocenters. The standard InChI is InChI=1S/C9H10N4S4/c1-2-14-8-11-12-9(16-8)15-7-10-6(13-17-7)5-3-4-5/h5H,2-4H2,1H3. The monoisotopic (exact) mass is 302 g/mol. The highest BCUT2D eigenvalue weighted by Crippen LogP contribution is 2.41. The molecule has 17 heavy (non-hydrogen) atoms. The Labute approximate surface area is 116 Å². The van der Waals surface area contributed by atoms with Crippen LogP contribution in [0.3, 0.4) is 0 Å². The first-order valence-corrected chi connectivity index (χ1v) is 8.72. The fourth-order valence-corrected chi connectivity index (χ4v) is 5.07. The summed E-state index contributed by atoms with van der Waals surface area (Å²) in [5.74, 6) is 2.68. The molecule has 3 rings (SSSR count). The first-order chi connectivity index (χ1) is 8.35. The van der Waals surface area contributed by atoms with Gasteiger partial charge in [-0.2, -0.15) is 4.37 Å². The fraction of sp³-hybridized carbons (Fsp3) is 0.556. The van der Waals surface area contributed by atoms with Crippen molar-refractivity contribution < 1.29 is 0 Å². The van der Waals surface area contributed by atoms with E-state index in [1.165, 1.54) is 24.4 Å². The summed E-state index contributed by atoms with van der Waals surface area (Å²) in [5, 5.41) is 8.27. The van der Waals surface area contributed by atoms with Crippen molar-refractivity contribution in [1.82, 2.24) is 19.6 Å². The van der Waals surface area contributed by atoms with Crippen LogP contribution in [0.2, 0.25) is 0 Å². The molecule has 0 aromatic carbocycles. The van der Waals surface area contributed by atoms with E-state index in [1.54, 1.807) is 34.9 Å². The molecule has 2 aromatic rings. The topological polar surface area (TPSA) is 51.6 Å². The van der Waals surface area contributed by atoms with Gasteiger partial charge in [-0.25, -0.2) is 4.98 Å². The van der Waals surface area contributed by atoms with Crippen molar-refractivity contribution >= 4 is 46.4 Å². The highest BCUT2D eigenvalue weighted by molar-refractivity contribution is 8.04. The van der Waals surface area contributed by atoms with Gasteiger partial charge in [-0.05, 0) is 41.9 Å². The van der Waals surface area contributed by atoms with E-state index in [0.717, 1.165) is 24.6 Å². The minimum Gasteiger partial charge on any atom is -0.212 e. The Morgan fingerprint density at radius 2 is 2.06 bits per heavy atom. The van der Waals surface area contributed by atoms with Gasteiger partial charge in [-0.1, -0.05) is 30.0 Å². The molecular weight excluding hydrogens is 292 g/mol. The van der Waals surface area contributed by atoms with Gasteiger partial charge in [0.15, 0.2) is 13.0 Å². The second kappa shape index (κ2) is 5.21. The summed E-state index contributed by atoms with van der Waals surface area (Å²) in [6.07, 6.45) is 2.49. The van der Waals surface area contributed by atoms with E-state index in [9.17, 15) is 0 Å². The van der Waals surface area contributed by atoms with Crippen molar-refractivity contribution in [3.8, 4) is 0 Å². The number of hydrogen-bond donors (Lipinski definition) is 0. The lowest BCUT2D eigenvalue weighted by Crippen LogP contribution is -1.80. The van der Waals surface area contributed by atoms with Crippen molar-refractivity contribution in [3.05, 3.63) is 5.82 Å². The SMILES string of the molecule is CCSc1nnc(Sc2nc(C3CC3)ns2)s1. The predicted molar refractivity (Wildman–Crippen MR) is 72.3 cm³/mol. The van der Waals surface area contributed by atoms with Crippen molar-refractivity contribution in [1.29, 1.82) is 0 Å². The summed E-state index contributed by atoms with van der Waals surface area (Å²) < 4.78 is 7.35. The lowest BCUT2D eigenvalue weighted by molar-refractivity contribution is 0.945. The Morgan fingerprint density at radius 1 is 1.24 bits per heavy atom. The van der Waals surface area contributed by atoms with E-state index in [4.69, 9.17) is 0 Å². The smallest absolute Gasteiger partial charge is 0.182 e. The number of nitrogens with zero attached hydrogens (tertiary/aromatic N) is 4. The second-order valence-electron chi connectivity index (χ2n) is 3.56. The fourth-order valence-electron chi connectivity index (χ4n) is 1.26. The average molecular weight is 302 g/mol. The Bertz CT molecular complexity index is 505. The normalized spacial score (nSPS) is 15.4. The third-order valence-electron chi connectivity index (χ3n) is 2.20. The number of aromatic nitrogens is 4. The minimum atomic E-state index is 0.626. The Morgan fingerprint density at radius 3 is 2.82 bits per heavy atom. The Kier molecular flexibility index (Phi) is 3.64. The largest absolute Gasteiger partial charge is 0.212 e. The summed E-state index contributed by atoms with van der Waals surface area (Å²) >= 11 is 6.40. The zero-order chi connectivity index (χ0) is 11.7. The molecule has 1 saturated carbocycles. The Hall–Kier alpha value is -0.180. The van der Waals surface area contributed by atoms with Crippen molar-refractivity contribution in [2.24, 2.45) is 0 Å². The molecule has 1 fully saturated rings. The molecule has 2 heterocycles. The second-order valence-corrected chi connectivity index (χ2v) is 8.30. The highest BCUT2D eigenvalue weighted by atomic mass is 32.2. The van der Waals surface area contributed by atoms with Crippen LogP contribution < -0.4 is 0 Å².